The van der Waals surface area contributed by atoms with E-state index in [9.17, 15) is 31.1 Å². The van der Waals surface area contributed by atoms with Crippen molar-refractivity contribution >= 4 is 5.78 Å². The monoisotopic (exact) mass is 675 g/mol. The van der Waals surface area contributed by atoms with Gasteiger partial charge in [-0.1, -0.05) is 17.7 Å². The molecule has 2 aromatic carbocycles. The number of nitrogens with zero attached hydrogens (tertiary/aromatic N) is 1. The summed E-state index contributed by atoms with van der Waals surface area (Å²) in [7, 11) is 0. The minimum Gasteiger partial charge on any atom is -0.512 e. The maximum atomic E-state index is 13.6. The number of pyridine rings is 1. The quantitative estimate of drug-likeness (QED) is 0.135. The van der Waals surface area contributed by atoms with Crippen LogP contribution in [0.25, 0.3) is 22.4 Å². The number of hydrogen-bond acceptors (Lipinski definition) is 3. The van der Waals surface area contributed by atoms with E-state index in [-0.39, 0.29) is 55.0 Å². The van der Waals surface area contributed by atoms with Gasteiger partial charge >= 0.3 is 12.4 Å². The Balaban J connectivity index is 0.000000672. The van der Waals surface area contributed by atoms with Gasteiger partial charge in [0.2, 0.25) is 0 Å². The Morgan fingerprint density at radius 1 is 0.971 bits per heavy atom. The maximum absolute atomic E-state index is 13.6. The first-order chi connectivity index (χ1) is 15.7. The number of benzene rings is 2. The molecule has 35 heavy (non-hydrogen) atoms. The second-order valence-electron chi connectivity index (χ2n) is 7.30. The number of hydrogen-bond donors (Lipinski definition) is 1. The standard InChI is InChI=1S/C20H12F6N.C5H8O2.Pt/c1-12-10-15(19(21,22)23)18(16(11-12)20(24,25)26)14-7-3-2-6-13(14)17-8-4-5-9-27-17;1-4(6)3-5(2)7;/h2-5,7-11H,1H3;3,6H,1-2H3;/q-1;;/b;4-3-;. The van der Waals surface area contributed by atoms with Gasteiger partial charge in [0.15, 0.2) is 5.78 Å². The molecule has 0 bridgehead atoms. The van der Waals surface area contributed by atoms with Gasteiger partial charge in [-0.3, -0.25) is 4.79 Å². The second kappa shape index (κ2) is 12.2. The zero-order valence-electron chi connectivity index (χ0n) is 18.7. The predicted molar refractivity (Wildman–Crippen MR) is 116 cm³/mol. The van der Waals surface area contributed by atoms with E-state index in [1.165, 1.54) is 57.3 Å². The molecule has 0 aliphatic heterocycles. The first kappa shape index (κ1) is 30.1. The van der Waals surface area contributed by atoms with E-state index in [4.69, 9.17) is 5.11 Å². The Morgan fingerprint density at radius 3 is 1.94 bits per heavy atom. The van der Waals surface area contributed by atoms with Crippen LogP contribution in [0.4, 0.5) is 26.3 Å². The molecule has 0 aliphatic carbocycles. The summed E-state index contributed by atoms with van der Waals surface area (Å²) in [6, 6.07) is 12.9. The minimum absolute atomic E-state index is 0. The van der Waals surface area contributed by atoms with E-state index in [0.29, 0.717) is 0 Å². The van der Waals surface area contributed by atoms with Crippen LogP contribution in [-0.2, 0) is 38.2 Å². The number of aliphatic hydroxyl groups is 1. The molecule has 1 heterocycles. The Bertz CT molecular complexity index is 1150. The molecule has 3 rings (SSSR count). The Labute approximate surface area is 212 Å². The van der Waals surface area contributed by atoms with E-state index in [1.54, 1.807) is 12.1 Å². The van der Waals surface area contributed by atoms with Gasteiger partial charge in [0.05, 0.1) is 16.9 Å². The molecule has 190 valence electrons. The van der Waals surface area contributed by atoms with Crippen molar-refractivity contribution in [3.05, 3.63) is 89.3 Å². The Hall–Kier alpha value is -2.93. The van der Waals surface area contributed by atoms with Crippen LogP contribution in [0, 0.1) is 13.0 Å². The average Bonchev–Trinajstić information content (AvgIpc) is 2.72. The van der Waals surface area contributed by atoms with E-state index in [0.717, 1.165) is 12.1 Å². The SMILES string of the molecule is CC(=O)/C=C(/C)O.Cc1cc(C(F)(F)F)c(-c2ccc[c-]c2-c2ccccn2)c(C(F)(F)F)c1.[Pt]. The number of halogens is 6. The molecule has 10 heteroatoms. The van der Waals surface area contributed by atoms with E-state index < -0.39 is 29.0 Å². The molecule has 0 aliphatic rings. The molecular weight excluding hydrogens is 655 g/mol. The van der Waals surface area contributed by atoms with Gasteiger partial charge in [0.25, 0.3) is 0 Å². The summed E-state index contributed by atoms with van der Waals surface area (Å²) < 4.78 is 81.7. The van der Waals surface area contributed by atoms with Crippen LogP contribution >= 0.6 is 0 Å². The number of allylic oxidation sites excluding steroid dienone is 2. The van der Waals surface area contributed by atoms with Crippen molar-refractivity contribution in [2.45, 2.75) is 33.1 Å². The fourth-order valence-electron chi connectivity index (χ4n) is 3.19. The smallest absolute Gasteiger partial charge is 0.416 e. The van der Waals surface area contributed by atoms with Gasteiger partial charge in [-0.25, -0.2) is 0 Å². The molecule has 0 radical (unpaired) electrons. The molecule has 0 saturated carbocycles. The van der Waals surface area contributed by atoms with Gasteiger partial charge in [-0.15, -0.1) is 29.8 Å². The number of aromatic nitrogens is 1. The van der Waals surface area contributed by atoms with Crippen molar-refractivity contribution in [1.82, 2.24) is 4.98 Å². The Morgan fingerprint density at radius 2 is 1.54 bits per heavy atom. The van der Waals surface area contributed by atoms with Crippen molar-refractivity contribution in [1.29, 1.82) is 0 Å². The van der Waals surface area contributed by atoms with Crippen LogP contribution in [0.2, 0.25) is 0 Å². The van der Waals surface area contributed by atoms with Crippen LogP contribution in [0.15, 0.2) is 66.6 Å². The number of carbonyl (C=O) groups excluding carboxylic acids is 1. The number of ketones is 1. The molecule has 0 spiro atoms. The summed E-state index contributed by atoms with van der Waals surface area (Å²) in [5.41, 5.74) is -3.65. The summed E-state index contributed by atoms with van der Waals surface area (Å²) in [4.78, 5) is 14.1. The molecule has 0 atom stereocenters. The largest absolute Gasteiger partial charge is 0.512 e. The Kier molecular flexibility index (Phi) is 10.5. The second-order valence-corrected chi connectivity index (χ2v) is 7.30. The number of carbonyl (C=O) groups is 1. The third kappa shape index (κ3) is 8.35. The molecule has 1 N–H and O–H groups in total. The van der Waals surface area contributed by atoms with Crippen LogP contribution in [0.5, 0.6) is 0 Å². The van der Waals surface area contributed by atoms with E-state index in [2.05, 4.69) is 11.1 Å². The fourth-order valence-corrected chi connectivity index (χ4v) is 3.19. The molecule has 3 aromatic rings. The summed E-state index contributed by atoms with van der Waals surface area (Å²) in [5, 5.41) is 8.36. The van der Waals surface area contributed by atoms with Crippen LogP contribution in [-0.4, -0.2) is 15.9 Å². The summed E-state index contributed by atoms with van der Waals surface area (Å²) in [6.45, 7) is 4.05. The normalized spacial score (nSPS) is 11.7. The molecular formula is C25H20F6NO2Pt-. The first-order valence-corrected chi connectivity index (χ1v) is 9.81. The average molecular weight is 676 g/mol. The van der Waals surface area contributed by atoms with Crippen molar-refractivity contribution in [2.75, 3.05) is 0 Å². The van der Waals surface area contributed by atoms with Crippen molar-refractivity contribution < 1.29 is 57.3 Å². The zero-order chi connectivity index (χ0) is 25.7. The van der Waals surface area contributed by atoms with Crippen LogP contribution in [0.3, 0.4) is 0 Å². The van der Waals surface area contributed by atoms with Crippen molar-refractivity contribution in [3.63, 3.8) is 0 Å². The number of rotatable bonds is 3. The number of aliphatic hydroxyl groups excluding tert-OH is 1. The summed E-state index contributed by atoms with van der Waals surface area (Å²) in [6.07, 6.45) is -7.35. The number of aryl methyl sites for hydroxylation is 1. The molecule has 0 saturated heterocycles. The van der Waals surface area contributed by atoms with Crippen LogP contribution in [0.1, 0.15) is 30.5 Å². The van der Waals surface area contributed by atoms with Gasteiger partial charge in [0, 0.05) is 33.3 Å². The minimum atomic E-state index is -4.96. The first-order valence-electron chi connectivity index (χ1n) is 9.81. The van der Waals surface area contributed by atoms with E-state index in [1.807, 2.05) is 0 Å². The van der Waals surface area contributed by atoms with Crippen molar-refractivity contribution in [3.8, 4) is 22.4 Å². The number of alkyl halides is 6. The third-order valence-electron chi connectivity index (χ3n) is 4.35. The topological polar surface area (TPSA) is 50.2 Å². The molecule has 0 unspecified atom stereocenters. The van der Waals surface area contributed by atoms with Crippen LogP contribution < -0.4 is 0 Å². The maximum Gasteiger partial charge on any atom is 0.416 e. The third-order valence-corrected chi connectivity index (χ3v) is 4.35. The van der Waals surface area contributed by atoms with E-state index >= 15 is 0 Å². The van der Waals surface area contributed by atoms with Gasteiger partial charge in [-0.2, -0.15) is 26.3 Å². The van der Waals surface area contributed by atoms with Gasteiger partial charge in [0.1, 0.15) is 0 Å². The summed E-state index contributed by atoms with van der Waals surface area (Å²) in [5.74, 6) is -0.0625. The molecule has 3 nitrogen and oxygen atoms in total. The molecule has 0 fully saturated rings. The fraction of sp³-hybridized carbons (Fsp3) is 0.200. The zero-order valence-corrected chi connectivity index (χ0v) is 20.9. The molecule has 1 aromatic heterocycles. The van der Waals surface area contributed by atoms with Gasteiger partial charge in [-0.05, 0) is 55.8 Å². The molecule has 0 amide bonds. The summed E-state index contributed by atoms with van der Waals surface area (Å²) >= 11 is 0. The predicted octanol–water partition coefficient (Wildman–Crippen LogP) is 7.60. The van der Waals surface area contributed by atoms with Crippen molar-refractivity contribution in [2.24, 2.45) is 0 Å². The van der Waals surface area contributed by atoms with Gasteiger partial charge < -0.3 is 10.1 Å².